The number of hydrogen-bond acceptors (Lipinski definition) is 3. The van der Waals surface area contributed by atoms with E-state index in [4.69, 9.17) is 9.97 Å². The molecule has 0 aliphatic heterocycles. The van der Waals surface area contributed by atoms with Gasteiger partial charge in [-0.05, 0) is 67.1 Å². The summed E-state index contributed by atoms with van der Waals surface area (Å²) >= 11 is 0. The van der Waals surface area contributed by atoms with Gasteiger partial charge in [-0.1, -0.05) is 200 Å². The lowest BCUT2D eigenvalue weighted by Crippen LogP contribution is -2.27. The van der Waals surface area contributed by atoms with Gasteiger partial charge in [-0.2, -0.15) is 0 Å². The molecule has 59 heavy (non-hydrogen) atoms. The van der Waals surface area contributed by atoms with E-state index in [9.17, 15) is 0 Å². The molecule has 0 saturated carbocycles. The monoisotopic (exact) mass is 770 g/mol. The largest absolute Gasteiger partial charge is 0.309 e. The van der Waals surface area contributed by atoms with Crippen LogP contribution in [0.25, 0.3) is 66.4 Å². The van der Waals surface area contributed by atoms with Gasteiger partial charge < -0.3 is 4.57 Å². The minimum Gasteiger partial charge on any atom is -0.309 e. The SMILES string of the molecule is O=P(c1ccc(-c2nc(-c3ccccc3)nc3c2-c2ccccc2C32c3ccccc3-c3ccccc32)cc1)(c1ccc2ccccc2c1)c1ccc2ccccc2c1. The molecule has 0 amide bonds. The Morgan fingerprint density at radius 1 is 0.373 bits per heavy atom. The fraction of sp³-hybridized carbons (Fsp3) is 0.0182. The second kappa shape index (κ2) is 12.9. The Bertz CT molecular complexity index is 3240. The fourth-order valence-electron chi connectivity index (χ4n) is 9.87. The van der Waals surface area contributed by atoms with Gasteiger partial charge in [0, 0.05) is 32.6 Å². The summed E-state index contributed by atoms with van der Waals surface area (Å²) in [6, 6.07) is 74.1. The maximum atomic E-state index is 16.1. The molecule has 9 aromatic carbocycles. The Morgan fingerprint density at radius 2 is 0.831 bits per heavy atom. The molecule has 0 fully saturated rings. The topological polar surface area (TPSA) is 42.9 Å². The number of aromatic nitrogens is 2. The third kappa shape index (κ3) is 4.86. The van der Waals surface area contributed by atoms with Crippen LogP contribution in [0.1, 0.15) is 22.4 Å². The van der Waals surface area contributed by atoms with Crippen LogP contribution in [-0.2, 0) is 9.98 Å². The standard InChI is InChI=1S/C55H35N2OP/c58-59(43-32-26-36-14-4-6-18-40(36)34-43,44-33-27-37-15-5-7-19-41(37)35-44)42-30-28-38(29-31-42)52-51-47-22-10-13-25-50(47)55(53(51)57-54(56-52)39-16-2-1-3-17-39)48-23-11-8-20-45(48)46-21-9-12-24-49(46)55/h1-35H. The average molecular weight is 771 g/mol. The summed E-state index contributed by atoms with van der Waals surface area (Å²) in [5, 5.41) is 6.76. The first-order chi connectivity index (χ1) is 29.1. The first-order valence-electron chi connectivity index (χ1n) is 20.1. The second-order valence-corrected chi connectivity index (χ2v) is 18.4. The van der Waals surface area contributed by atoms with Crippen molar-refractivity contribution in [2.45, 2.75) is 5.41 Å². The molecule has 1 spiro atoms. The average Bonchev–Trinajstić information content (AvgIpc) is 3.78. The molecule has 2 aliphatic carbocycles. The zero-order chi connectivity index (χ0) is 39.1. The van der Waals surface area contributed by atoms with E-state index in [-0.39, 0.29) is 0 Å². The predicted octanol–water partition coefficient (Wildman–Crippen LogP) is 12.1. The van der Waals surface area contributed by atoms with Crippen LogP contribution >= 0.6 is 7.14 Å². The summed E-state index contributed by atoms with van der Waals surface area (Å²) in [6.45, 7) is 0. The van der Waals surface area contributed by atoms with E-state index in [0.717, 1.165) is 71.1 Å². The van der Waals surface area contributed by atoms with Crippen molar-refractivity contribution < 1.29 is 4.57 Å². The predicted molar refractivity (Wildman–Crippen MR) is 244 cm³/mol. The third-order valence-corrected chi connectivity index (χ3v) is 15.6. The summed E-state index contributed by atoms with van der Waals surface area (Å²) in [5.74, 6) is 0.676. The van der Waals surface area contributed by atoms with Crippen molar-refractivity contribution in [3.05, 3.63) is 235 Å². The molecule has 4 heteroatoms. The van der Waals surface area contributed by atoms with Crippen LogP contribution in [0.2, 0.25) is 0 Å². The molecule has 12 rings (SSSR count). The molecule has 1 heterocycles. The van der Waals surface area contributed by atoms with E-state index >= 15 is 4.57 Å². The van der Waals surface area contributed by atoms with E-state index in [1.54, 1.807) is 0 Å². The van der Waals surface area contributed by atoms with Gasteiger partial charge in [0.15, 0.2) is 13.0 Å². The minimum absolute atomic E-state index is 0.623. The normalized spacial score (nSPS) is 13.3. The van der Waals surface area contributed by atoms with E-state index in [1.807, 2.05) is 54.6 Å². The van der Waals surface area contributed by atoms with Crippen LogP contribution in [0.5, 0.6) is 0 Å². The van der Waals surface area contributed by atoms with E-state index in [0.29, 0.717) is 5.82 Å². The van der Waals surface area contributed by atoms with Gasteiger partial charge in [-0.25, -0.2) is 9.97 Å². The van der Waals surface area contributed by atoms with Crippen LogP contribution < -0.4 is 15.9 Å². The first-order valence-corrected chi connectivity index (χ1v) is 21.8. The summed E-state index contributed by atoms with van der Waals surface area (Å²) < 4.78 is 16.1. The van der Waals surface area contributed by atoms with Gasteiger partial charge in [0.2, 0.25) is 0 Å². The van der Waals surface area contributed by atoms with Crippen LogP contribution in [0.15, 0.2) is 212 Å². The van der Waals surface area contributed by atoms with Gasteiger partial charge in [-0.3, -0.25) is 0 Å². The van der Waals surface area contributed by atoms with Gasteiger partial charge >= 0.3 is 0 Å². The Balaban J connectivity index is 1.10. The fourth-order valence-corrected chi connectivity index (χ4v) is 12.5. The lowest BCUT2D eigenvalue weighted by molar-refractivity contribution is 0.592. The van der Waals surface area contributed by atoms with Gasteiger partial charge in [0.1, 0.15) is 0 Å². The van der Waals surface area contributed by atoms with Gasteiger partial charge in [0.25, 0.3) is 0 Å². The molecule has 0 N–H and O–H groups in total. The highest BCUT2D eigenvalue weighted by Crippen LogP contribution is 2.63. The maximum Gasteiger partial charge on any atom is 0.171 e. The molecule has 2 aliphatic rings. The summed E-state index contributed by atoms with van der Waals surface area (Å²) in [4.78, 5) is 11.0. The number of benzene rings is 9. The van der Waals surface area contributed by atoms with Crippen molar-refractivity contribution in [3.63, 3.8) is 0 Å². The van der Waals surface area contributed by atoms with Crippen molar-refractivity contribution in [3.8, 4) is 44.9 Å². The van der Waals surface area contributed by atoms with Crippen LogP contribution in [0, 0.1) is 0 Å². The number of nitrogens with zero attached hydrogens (tertiary/aromatic N) is 2. The highest BCUT2D eigenvalue weighted by Gasteiger charge is 2.54. The Labute approximate surface area is 342 Å². The van der Waals surface area contributed by atoms with Gasteiger partial charge in [-0.15, -0.1) is 0 Å². The molecule has 0 atom stereocenters. The summed E-state index contributed by atoms with van der Waals surface area (Å²) in [5.41, 5.74) is 11.4. The summed E-state index contributed by atoms with van der Waals surface area (Å²) in [6.07, 6.45) is 0. The second-order valence-electron chi connectivity index (χ2n) is 15.6. The van der Waals surface area contributed by atoms with Crippen molar-refractivity contribution in [2.75, 3.05) is 0 Å². The zero-order valence-corrected chi connectivity index (χ0v) is 32.9. The molecular weight excluding hydrogens is 736 g/mol. The van der Waals surface area contributed by atoms with E-state index in [2.05, 4.69) is 158 Å². The summed E-state index contributed by atoms with van der Waals surface area (Å²) in [7, 11) is -3.35. The van der Waals surface area contributed by atoms with Crippen LogP contribution in [-0.4, -0.2) is 9.97 Å². The lowest BCUT2D eigenvalue weighted by atomic mass is 9.72. The van der Waals surface area contributed by atoms with E-state index < -0.39 is 12.6 Å². The Hall–Kier alpha value is -7.19. The quantitative estimate of drug-likeness (QED) is 0.164. The Kier molecular flexibility index (Phi) is 7.42. The highest BCUT2D eigenvalue weighted by atomic mass is 31.2. The zero-order valence-electron chi connectivity index (χ0n) is 32.0. The smallest absolute Gasteiger partial charge is 0.171 e. The van der Waals surface area contributed by atoms with Crippen molar-refractivity contribution >= 4 is 44.6 Å². The van der Waals surface area contributed by atoms with E-state index in [1.165, 1.54) is 27.8 Å². The van der Waals surface area contributed by atoms with Gasteiger partial charge in [0.05, 0.1) is 16.8 Å². The molecule has 0 unspecified atom stereocenters. The molecular formula is C55H35N2OP. The number of fused-ring (bicyclic) bond motifs is 12. The van der Waals surface area contributed by atoms with Crippen molar-refractivity contribution in [2.24, 2.45) is 0 Å². The first kappa shape index (κ1) is 33.9. The molecule has 10 aromatic rings. The number of hydrogen-bond donors (Lipinski definition) is 0. The molecule has 1 aromatic heterocycles. The number of rotatable bonds is 5. The maximum absolute atomic E-state index is 16.1. The third-order valence-electron chi connectivity index (χ3n) is 12.5. The van der Waals surface area contributed by atoms with Crippen LogP contribution in [0.3, 0.4) is 0 Å². The lowest BCUT2D eigenvalue weighted by Gasteiger charge is -2.29. The molecule has 0 bridgehead atoms. The molecule has 276 valence electrons. The van der Waals surface area contributed by atoms with Crippen molar-refractivity contribution in [1.29, 1.82) is 0 Å². The molecule has 0 saturated heterocycles. The van der Waals surface area contributed by atoms with Crippen LogP contribution in [0.4, 0.5) is 0 Å². The molecule has 0 radical (unpaired) electrons. The molecule has 3 nitrogen and oxygen atoms in total. The minimum atomic E-state index is -3.35. The van der Waals surface area contributed by atoms with Crippen molar-refractivity contribution in [1.82, 2.24) is 9.97 Å². The Morgan fingerprint density at radius 3 is 1.41 bits per heavy atom. The highest BCUT2D eigenvalue weighted by molar-refractivity contribution is 7.85.